The first-order chi connectivity index (χ1) is 8.35. The van der Waals surface area contributed by atoms with Gasteiger partial charge in [0.25, 0.3) is 0 Å². The first-order valence-corrected chi connectivity index (χ1v) is 6.73. The van der Waals surface area contributed by atoms with E-state index >= 15 is 0 Å². The Morgan fingerprint density at radius 1 is 1.59 bits per heavy atom. The fraction of sp³-hybridized carbons (Fsp3) is 0.357. The highest BCUT2D eigenvalue weighted by Crippen LogP contribution is 2.24. The summed E-state index contributed by atoms with van der Waals surface area (Å²) in [5.74, 6) is 2.70. The zero-order valence-electron chi connectivity index (χ0n) is 9.94. The van der Waals surface area contributed by atoms with Crippen LogP contribution in [-0.4, -0.2) is 11.5 Å². The first kappa shape index (κ1) is 12.1. The van der Waals surface area contributed by atoms with Crippen LogP contribution < -0.4 is 5.32 Å². The second-order valence-electron chi connectivity index (χ2n) is 3.93. The third-order valence-corrected chi connectivity index (χ3v) is 3.61. The van der Waals surface area contributed by atoms with E-state index in [1.165, 1.54) is 10.3 Å². The highest BCUT2D eigenvalue weighted by atomic mass is 32.1. The van der Waals surface area contributed by atoms with Crippen molar-refractivity contribution >= 4 is 21.6 Å². The molecule has 0 aromatic carbocycles. The van der Waals surface area contributed by atoms with Crippen molar-refractivity contribution in [1.29, 1.82) is 0 Å². The Hall–Kier alpha value is -1.37. The molecule has 0 saturated carbocycles. The van der Waals surface area contributed by atoms with E-state index in [0.29, 0.717) is 6.04 Å². The Balaban J connectivity index is 2.24. The lowest BCUT2D eigenvalue weighted by molar-refractivity contribution is 0.522. The summed E-state index contributed by atoms with van der Waals surface area (Å²) in [5.41, 5.74) is 2.31. The van der Waals surface area contributed by atoms with Gasteiger partial charge >= 0.3 is 0 Å². The number of hydrogen-bond acceptors (Lipinski definition) is 3. The maximum absolute atomic E-state index is 5.33. The van der Waals surface area contributed by atoms with E-state index in [1.54, 1.807) is 11.3 Å². The average molecular weight is 244 g/mol. The van der Waals surface area contributed by atoms with Gasteiger partial charge in [-0.05, 0) is 36.0 Å². The van der Waals surface area contributed by atoms with Gasteiger partial charge in [0.15, 0.2) is 0 Å². The summed E-state index contributed by atoms with van der Waals surface area (Å²) in [6.45, 7) is 3.05. The first-order valence-electron chi connectivity index (χ1n) is 5.85. The van der Waals surface area contributed by atoms with Gasteiger partial charge in [-0.1, -0.05) is 6.92 Å². The normalized spacial score (nSPS) is 12.5. The molecular weight excluding hydrogens is 228 g/mol. The van der Waals surface area contributed by atoms with Crippen molar-refractivity contribution in [2.75, 3.05) is 6.54 Å². The van der Waals surface area contributed by atoms with E-state index in [4.69, 9.17) is 6.42 Å². The topological polar surface area (TPSA) is 24.9 Å². The number of thiophene rings is 1. The van der Waals surface area contributed by atoms with Crippen molar-refractivity contribution in [3.05, 3.63) is 29.3 Å². The molecule has 0 aliphatic heterocycles. The van der Waals surface area contributed by atoms with Crippen molar-refractivity contribution in [2.24, 2.45) is 0 Å². The fourth-order valence-electron chi connectivity index (χ4n) is 1.91. The molecule has 17 heavy (non-hydrogen) atoms. The van der Waals surface area contributed by atoms with E-state index < -0.39 is 0 Å². The lowest BCUT2D eigenvalue weighted by atomic mass is 10.0. The lowest BCUT2D eigenvalue weighted by Gasteiger charge is -2.16. The summed E-state index contributed by atoms with van der Waals surface area (Å²) in [7, 11) is 0. The Bertz CT molecular complexity index is 524. The number of nitrogens with one attached hydrogen (secondary N) is 1. The van der Waals surface area contributed by atoms with Gasteiger partial charge in [0.2, 0.25) is 0 Å². The SMILES string of the molecule is C#CCCC(NCC)c1cnc2ccsc2c1. The molecule has 0 bridgehead atoms. The highest BCUT2D eigenvalue weighted by molar-refractivity contribution is 7.17. The van der Waals surface area contributed by atoms with Crippen molar-refractivity contribution in [1.82, 2.24) is 10.3 Å². The minimum absolute atomic E-state index is 0.315. The van der Waals surface area contributed by atoms with E-state index in [-0.39, 0.29) is 0 Å². The Kier molecular flexibility index (Phi) is 4.13. The van der Waals surface area contributed by atoms with Crippen molar-refractivity contribution in [2.45, 2.75) is 25.8 Å². The molecule has 1 N–H and O–H groups in total. The largest absolute Gasteiger partial charge is 0.310 e. The van der Waals surface area contributed by atoms with Crippen LogP contribution >= 0.6 is 11.3 Å². The maximum Gasteiger partial charge on any atom is 0.0809 e. The summed E-state index contributed by atoms with van der Waals surface area (Å²) >= 11 is 1.73. The molecule has 88 valence electrons. The van der Waals surface area contributed by atoms with Crippen LogP contribution in [0.25, 0.3) is 10.2 Å². The molecule has 3 heteroatoms. The van der Waals surface area contributed by atoms with E-state index in [2.05, 4.69) is 34.6 Å². The van der Waals surface area contributed by atoms with Gasteiger partial charge in [-0.25, -0.2) is 0 Å². The molecule has 2 nitrogen and oxygen atoms in total. The molecule has 2 rings (SSSR count). The quantitative estimate of drug-likeness (QED) is 0.816. The van der Waals surface area contributed by atoms with Gasteiger partial charge in [-0.2, -0.15) is 0 Å². The third-order valence-electron chi connectivity index (χ3n) is 2.75. The van der Waals surface area contributed by atoms with E-state index in [1.807, 2.05) is 12.3 Å². The molecule has 0 saturated heterocycles. The molecule has 2 heterocycles. The average Bonchev–Trinajstić information content (AvgIpc) is 2.81. The molecule has 0 aliphatic carbocycles. The van der Waals surface area contributed by atoms with Gasteiger partial charge in [-0.3, -0.25) is 4.98 Å². The number of hydrogen-bond donors (Lipinski definition) is 1. The molecule has 0 radical (unpaired) electrons. The Morgan fingerprint density at radius 3 is 3.24 bits per heavy atom. The molecule has 2 aromatic heterocycles. The number of rotatable bonds is 5. The van der Waals surface area contributed by atoms with Gasteiger partial charge in [0, 0.05) is 18.7 Å². The van der Waals surface area contributed by atoms with Crippen molar-refractivity contribution in [3.8, 4) is 12.3 Å². The highest BCUT2D eigenvalue weighted by Gasteiger charge is 2.10. The molecule has 1 unspecified atom stereocenters. The van der Waals surface area contributed by atoms with Gasteiger partial charge in [-0.15, -0.1) is 23.7 Å². The minimum atomic E-state index is 0.315. The van der Waals surface area contributed by atoms with Crippen LogP contribution in [0.3, 0.4) is 0 Å². The van der Waals surface area contributed by atoms with Gasteiger partial charge < -0.3 is 5.32 Å². The van der Waals surface area contributed by atoms with E-state index in [0.717, 1.165) is 24.9 Å². The third kappa shape index (κ3) is 2.85. The zero-order valence-corrected chi connectivity index (χ0v) is 10.8. The summed E-state index contributed by atoms with van der Waals surface area (Å²) in [5, 5.41) is 5.53. The number of pyridine rings is 1. The Labute approximate surface area is 106 Å². The number of nitrogens with zero attached hydrogens (tertiary/aromatic N) is 1. The number of aromatic nitrogens is 1. The summed E-state index contributed by atoms with van der Waals surface area (Å²) in [4.78, 5) is 4.47. The van der Waals surface area contributed by atoms with Crippen molar-refractivity contribution < 1.29 is 0 Å². The molecule has 2 aromatic rings. The second-order valence-corrected chi connectivity index (χ2v) is 4.87. The number of fused-ring (bicyclic) bond motifs is 1. The standard InChI is InChI=1S/C14H16N2S/c1-3-5-6-12(15-4-2)11-9-14-13(16-10-11)7-8-17-14/h1,7-10,12,15H,4-6H2,2H3. The zero-order chi connectivity index (χ0) is 12.1. The lowest BCUT2D eigenvalue weighted by Crippen LogP contribution is -2.20. The predicted octanol–water partition coefficient (Wildman–Crippen LogP) is 3.36. The van der Waals surface area contributed by atoms with E-state index in [9.17, 15) is 0 Å². The van der Waals surface area contributed by atoms with Gasteiger partial charge in [0.05, 0.1) is 10.2 Å². The fourth-order valence-corrected chi connectivity index (χ4v) is 2.70. The Morgan fingerprint density at radius 2 is 2.47 bits per heavy atom. The predicted molar refractivity (Wildman–Crippen MR) is 74.1 cm³/mol. The molecule has 1 atom stereocenters. The van der Waals surface area contributed by atoms with Crippen molar-refractivity contribution in [3.63, 3.8) is 0 Å². The van der Waals surface area contributed by atoms with Crippen LogP contribution in [0.5, 0.6) is 0 Å². The number of terminal acetylenes is 1. The molecule has 0 fully saturated rings. The second kappa shape index (κ2) is 5.81. The van der Waals surface area contributed by atoms with Crippen LogP contribution in [0.15, 0.2) is 23.7 Å². The minimum Gasteiger partial charge on any atom is -0.310 e. The van der Waals surface area contributed by atoms with Crippen LogP contribution in [0, 0.1) is 12.3 Å². The van der Waals surface area contributed by atoms with Crippen LogP contribution in [0.4, 0.5) is 0 Å². The van der Waals surface area contributed by atoms with Gasteiger partial charge in [0.1, 0.15) is 0 Å². The monoisotopic (exact) mass is 244 g/mol. The molecule has 0 aliphatic rings. The summed E-state index contributed by atoms with van der Waals surface area (Å²) in [6.07, 6.45) is 9.04. The smallest absolute Gasteiger partial charge is 0.0809 e. The maximum atomic E-state index is 5.33. The summed E-state index contributed by atoms with van der Waals surface area (Å²) in [6, 6.07) is 4.58. The van der Waals surface area contributed by atoms with Crippen LogP contribution in [0.1, 0.15) is 31.4 Å². The molecule has 0 amide bonds. The van der Waals surface area contributed by atoms with Crippen LogP contribution in [0.2, 0.25) is 0 Å². The van der Waals surface area contributed by atoms with Crippen LogP contribution in [-0.2, 0) is 0 Å². The molecule has 0 spiro atoms. The molecular formula is C14H16N2S. The summed E-state index contributed by atoms with van der Waals surface area (Å²) < 4.78 is 1.24.